The summed E-state index contributed by atoms with van der Waals surface area (Å²) in [4.78, 5) is 18.2. The lowest BCUT2D eigenvalue weighted by atomic mass is 10.1. The van der Waals surface area contributed by atoms with E-state index in [9.17, 15) is 4.79 Å². The number of methoxy groups -OCH3 is 1. The molecule has 1 saturated carbocycles. The maximum absolute atomic E-state index is 10.3. The molecule has 0 N–H and O–H groups in total. The fourth-order valence-electron chi connectivity index (χ4n) is 1.57. The van der Waals surface area contributed by atoms with Gasteiger partial charge in [0.15, 0.2) is 0 Å². The summed E-state index contributed by atoms with van der Waals surface area (Å²) >= 11 is 5.74. The summed E-state index contributed by atoms with van der Waals surface area (Å²) in [7, 11) is 1.52. The van der Waals surface area contributed by atoms with Crippen LogP contribution in [0.1, 0.15) is 18.4 Å². The van der Waals surface area contributed by atoms with Crippen molar-refractivity contribution in [1.82, 2.24) is 4.98 Å². The highest BCUT2D eigenvalue weighted by Gasteiger charge is 2.47. The monoisotopic (exact) mass is 224 g/mol. The molecule has 1 aromatic heterocycles. The highest BCUT2D eigenvalue weighted by molar-refractivity contribution is 6.29. The minimum atomic E-state index is -0.468. The summed E-state index contributed by atoms with van der Waals surface area (Å²) < 4.78 is 5.11. The molecule has 0 atom stereocenters. The van der Waals surface area contributed by atoms with Gasteiger partial charge >= 0.3 is 0 Å². The Labute approximate surface area is 91.9 Å². The van der Waals surface area contributed by atoms with Gasteiger partial charge in [0.2, 0.25) is 12.0 Å². The predicted molar refractivity (Wildman–Crippen MR) is 54.8 cm³/mol. The number of ether oxygens (including phenoxy) is 1. The molecule has 5 heteroatoms. The van der Waals surface area contributed by atoms with Gasteiger partial charge in [0.1, 0.15) is 10.7 Å². The number of rotatable bonds is 3. The molecule has 0 unspecified atom stereocenters. The van der Waals surface area contributed by atoms with Crippen LogP contribution in [0.2, 0.25) is 5.15 Å². The molecule has 0 saturated heterocycles. The normalized spacial score (nSPS) is 16.7. The highest BCUT2D eigenvalue weighted by Crippen LogP contribution is 2.51. The van der Waals surface area contributed by atoms with Gasteiger partial charge in [-0.2, -0.15) is 4.99 Å². The number of aromatic nitrogens is 1. The number of nitrogens with zero attached hydrogens (tertiary/aromatic N) is 2. The fraction of sp³-hybridized carbons (Fsp3) is 0.400. The Morgan fingerprint density at radius 1 is 1.60 bits per heavy atom. The molecule has 0 radical (unpaired) electrons. The Morgan fingerprint density at radius 2 is 2.33 bits per heavy atom. The molecule has 1 fully saturated rings. The Bertz CT molecular complexity index is 437. The van der Waals surface area contributed by atoms with Crippen LogP contribution in [0.5, 0.6) is 5.88 Å². The molecule has 0 bridgehead atoms. The van der Waals surface area contributed by atoms with E-state index in [0.29, 0.717) is 11.0 Å². The summed E-state index contributed by atoms with van der Waals surface area (Å²) in [5, 5.41) is 0.362. The van der Waals surface area contributed by atoms with Crippen molar-refractivity contribution in [3.8, 4) is 5.88 Å². The van der Waals surface area contributed by atoms with Crippen LogP contribution in [0.25, 0.3) is 0 Å². The summed E-state index contributed by atoms with van der Waals surface area (Å²) in [5.41, 5.74) is 0.336. The number of hydrogen-bond donors (Lipinski definition) is 0. The van der Waals surface area contributed by atoms with E-state index in [2.05, 4.69) is 9.98 Å². The zero-order valence-corrected chi connectivity index (χ0v) is 8.91. The number of pyridine rings is 1. The molecule has 4 nitrogen and oxygen atoms in total. The van der Waals surface area contributed by atoms with E-state index < -0.39 is 5.54 Å². The van der Waals surface area contributed by atoms with E-state index in [0.717, 1.165) is 18.4 Å². The first-order valence-corrected chi connectivity index (χ1v) is 4.90. The van der Waals surface area contributed by atoms with Crippen LogP contribution in [0, 0.1) is 0 Å². The van der Waals surface area contributed by atoms with E-state index >= 15 is 0 Å². The molecular weight excluding hydrogens is 216 g/mol. The summed E-state index contributed by atoms with van der Waals surface area (Å²) in [6.45, 7) is 0. The SMILES string of the molecule is COc1nc(Cl)ccc1C1(N=C=O)CC1. The lowest BCUT2D eigenvalue weighted by Crippen LogP contribution is -2.06. The quantitative estimate of drug-likeness (QED) is 0.449. The van der Waals surface area contributed by atoms with Crippen molar-refractivity contribution >= 4 is 17.7 Å². The van der Waals surface area contributed by atoms with Crippen LogP contribution in [-0.2, 0) is 10.3 Å². The van der Waals surface area contributed by atoms with E-state index in [-0.39, 0.29) is 0 Å². The molecule has 0 aromatic carbocycles. The maximum Gasteiger partial charge on any atom is 0.235 e. The van der Waals surface area contributed by atoms with Crippen molar-refractivity contribution in [1.29, 1.82) is 0 Å². The summed E-state index contributed by atoms with van der Waals surface area (Å²) in [6, 6.07) is 3.46. The molecule has 1 aliphatic rings. The molecule has 78 valence electrons. The number of hydrogen-bond acceptors (Lipinski definition) is 4. The first-order valence-electron chi connectivity index (χ1n) is 4.52. The maximum atomic E-state index is 10.3. The smallest absolute Gasteiger partial charge is 0.235 e. The molecule has 2 rings (SSSR count). The van der Waals surface area contributed by atoms with Gasteiger partial charge in [0.05, 0.1) is 7.11 Å². The van der Waals surface area contributed by atoms with Gasteiger partial charge < -0.3 is 4.74 Å². The van der Waals surface area contributed by atoms with Gasteiger partial charge in [-0.1, -0.05) is 11.6 Å². The number of carbonyl (C=O) groups excluding carboxylic acids is 1. The highest BCUT2D eigenvalue weighted by atomic mass is 35.5. The Morgan fingerprint density at radius 3 is 2.87 bits per heavy atom. The Balaban J connectivity index is 2.48. The average Bonchev–Trinajstić information content (AvgIpc) is 2.99. The van der Waals surface area contributed by atoms with Crippen LogP contribution < -0.4 is 4.74 Å². The molecule has 15 heavy (non-hydrogen) atoms. The van der Waals surface area contributed by atoms with Crippen LogP contribution >= 0.6 is 11.6 Å². The van der Waals surface area contributed by atoms with Gasteiger partial charge in [0.25, 0.3) is 0 Å². The average molecular weight is 225 g/mol. The first-order chi connectivity index (χ1) is 7.22. The number of aliphatic imine (C=N–C) groups is 1. The van der Waals surface area contributed by atoms with Crippen LogP contribution in [0.4, 0.5) is 0 Å². The fourth-order valence-corrected chi connectivity index (χ4v) is 1.71. The van der Waals surface area contributed by atoms with Crippen LogP contribution in [0.3, 0.4) is 0 Å². The largest absolute Gasteiger partial charge is 0.481 e. The predicted octanol–water partition coefficient (Wildman–Crippen LogP) is 2.07. The minimum Gasteiger partial charge on any atom is -0.481 e. The van der Waals surface area contributed by atoms with E-state index in [1.807, 2.05) is 0 Å². The standard InChI is InChI=1S/C10H9ClN2O2/c1-15-9-7(2-3-8(11)13-9)10(4-5-10)12-6-14/h2-3H,4-5H2,1H3. The molecule has 0 amide bonds. The molecule has 1 heterocycles. The lowest BCUT2D eigenvalue weighted by molar-refractivity contribution is 0.387. The van der Waals surface area contributed by atoms with Gasteiger partial charge in [-0.15, -0.1) is 0 Å². The minimum absolute atomic E-state index is 0.362. The summed E-state index contributed by atoms with van der Waals surface area (Å²) in [6.07, 6.45) is 3.24. The number of halogens is 1. The van der Waals surface area contributed by atoms with E-state index in [4.69, 9.17) is 16.3 Å². The first kappa shape index (κ1) is 10.1. The van der Waals surface area contributed by atoms with Gasteiger partial charge in [-0.05, 0) is 25.0 Å². The lowest BCUT2D eigenvalue weighted by Gasteiger charge is -2.11. The zero-order chi connectivity index (χ0) is 10.9. The van der Waals surface area contributed by atoms with Crippen molar-refractivity contribution in [2.24, 2.45) is 4.99 Å². The van der Waals surface area contributed by atoms with E-state index in [1.165, 1.54) is 7.11 Å². The second kappa shape index (κ2) is 3.65. The molecule has 0 aliphatic heterocycles. The summed E-state index contributed by atoms with van der Waals surface area (Å²) in [5.74, 6) is 0.430. The van der Waals surface area contributed by atoms with Crippen LogP contribution in [0.15, 0.2) is 17.1 Å². The van der Waals surface area contributed by atoms with Crippen molar-refractivity contribution < 1.29 is 9.53 Å². The van der Waals surface area contributed by atoms with Gasteiger partial charge in [-0.3, -0.25) is 0 Å². The Hall–Kier alpha value is -1.38. The molecular formula is C10H9ClN2O2. The van der Waals surface area contributed by atoms with Crippen molar-refractivity contribution in [3.05, 3.63) is 22.8 Å². The van der Waals surface area contributed by atoms with Gasteiger partial charge in [0, 0.05) is 5.56 Å². The van der Waals surface area contributed by atoms with Crippen molar-refractivity contribution in [3.63, 3.8) is 0 Å². The second-order valence-electron chi connectivity index (χ2n) is 3.43. The Kier molecular flexibility index (Phi) is 2.47. The van der Waals surface area contributed by atoms with Crippen LogP contribution in [-0.4, -0.2) is 18.2 Å². The number of isocyanates is 1. The third kappa shape index (κ3) is 1.74. The third-order valence-corrected chi connectivity index (χ3v) is 2.71. The topological polar surface area (TPSA) is 51.6 Å². The van der Waals surface area contributed by atoms with Crippen molar-refractivity contribution in [2.75, 3.05) is 7.11 Å². The zero-order valence-electron chi connectivity index (χ0n) is 8.16. The molecule has 1 aromatic rings. The molecule has 1 aliphatic carbocycles. The van der Waals surface area contributed by atoms with Crippen molar-refractivity contribution in [2.45, 2.75) is 18.4 Å². The molecule has 0 spiro atoms. The van der Waals surface area contributed by atoms with Gasteiger partial charge in [-0.25, -0.2) is 9.78 Å². The van der Waals surface area contributed by atoms with E-state index in [1.54, 1.807) is 18.2 Å². The third-order valence-electron chi connectivity index (χ3n) is 2.50. The second-order valence-corrected chi connectivity index (χ2v) is 3.81.